The maximum atomic E-state index is 15.4. The van der Waals surface area contributed by atoms with Crippen molar-refractivity contribution in [2.45, 2.75) is 82.8 Å². The van der Waals surface area contributed by atoms with Crippen LogP contribution in [0.25, 0.3) is 16.7 Å². The van der Waals surface area contributed by atoms with Crippen molar-refractivity contribution in [1.29, 1.82) is 0 Å². The summed E-state index contributed by atoms with van der Waals surface area (Å²) < 4.78 is 19.3. The summed E-state index contributed by atoms with van der Waals surface area (Å²) in [5.74, 6) is 0.0598. The van der Waals surface area contributed by atoms with Crippen molar-refractivity contribution in [3.8, 4) is 5.69 Å². The highest BCUT2D eigenvalue weighted by molar-refractivity contribution is 6.01. The van der Waals surface area contributed by atoms with Crippen molar-refractivity contribution in [3.05, 3.63) is 112 Å². The molecule has 0 bridgehead atoms. The van der Waals surface area contributed by atoms with E-state index in [9.17, 15) is 19.2 Å². The Morgan fingerprint density at radius 1 is 0.894 bits per heavy atom. The van der Waals surface area contributed by atoms with Gasteiger partial charge in [-0.25, -0.2) is 9.37 Å². The molecule has 5 aromatic rings. The number of piperidine rings is 3. The minimum absolute atomic E-state index is 0.0312. The molecule has 1 unspecified atom stereocenters. The number of hydrogen-bond acceptors (Lipinski definition) is 10. The maximum absolute atomic E-state index is 15.4. The smallest absolute Gasteiger partial charge is 0.260 e. The van der Waals surface area contributed by atoms with Crippen molar-refractivity contribution < 1.29 is 18.8 Å². The number of aryl methyl sites for hydroxylation is 1. The number of nitrogens with zero attached hydrogens (tertiary/aromatic N) is 7. The van der Waals surface area contributed by atoms with Gasteiger partial charge in [0.15, 0.2) is 0 Å². The number of carbonyl (C=O) groups is 3. The van der Waals surface area contributed by atoms with Gasteiger partial charge in [-0.15, -0.1) is 0 Å². The number of hydrogen-bond donors (Lipinski definition) is 3. The van der Waals surface area contributed by atoms with Gasteiger partial charge in [-0.2, -0.15) is 0 Å². The van der Waals surface area contributed by atoms with Gasteiger partial charge in [0, 0.05) is 117 Å². The number of imide groups is 1. The molecule has 4 saturated heterocycles. The third-order valence-electron chi connectivity index (χ3n) is 15.2. The Morgan fingerprint density at radius 2 is 1.68 bits per heavy atom. The molecular weight excluding hydrogens is 836 g/mol. The monoisotopic (exact) mass is 896 g/mol. The molecule has 5 aliphatic heterocycles. The molecule has 2 aromatic carbocycles. The van der Waals surface area contributed by atoms with Crippen molar-refractivity contribution in [3.63, 3.8) is 0 Å². The summed E-state index contributed by atoms with van der Waals surface area (Å²) >= 11 is 0. The molecular formula is C51H61FN10O4. The van der Waals surface area contributed by atoms with Crippen LogP contribution in [0.5, 0.6) is 0 Å². The van der Waals surface area contributed by atoms with E-state index in [1.807, 2.05) is 35.4 Å². The second kappa shape index (κ2) is 18.3. The quantitative estimate of drug-likeness (QED) is 0.142. The van der Waals surface area contributed by atoms with Gasteiger partial charge in [-0.1, -0.05) is 12.1 Å². The van der Waals surface area contributed by atoms with E-state index in [1.165, 1.54) is 17.3 Å². The summed E-state index contributed by atoms with van der Waals surface area (Å²) in [5.41, 5.74) is 7.85. The molecule has 346 valence electrons. The van der Waals surface area contributed by atoms with Crippen LogP contribution >= 0.6 is 0 Å². The standard InChI is InChI=1S/C51H61FN10O4/c1-32-30-61(45-10-8-38(28-41(45)52)55-43-9-11-47(63)56-49(43)64)27-26-60(32)31-34-14-21-59(22-15-34)50(65)37-6-4-35(5-7-37)36-16-23-58(24-17-36)33(2)46-29-40-44(13-20-54-48(40)57(46)3)62-25-18-42-39(51(62)66)12-19-53-42/h4-8,10,13,18,20,25,28-29,32-34,36,43,53,55H,9,11-12,14-17,19,21-24,26-27,30-31H2,1-3H3,(H,56,63,64)/t32-,33+,43?/m1/s1. The summed E-state index contributed by atoms with van der Waals surface area (Å²) in [6.07, 6.45) is 9.07. The van der Waals surface area contributed by atoms with E-state index in [0.717, 1.165) is 118 Å². The number of piperazine rings is 1. The number of likely N-dealkylation sites (tertiary alicyclic amines) is 2. The molecule has 0 radical (unpaired) electrons. The molecule has 8 heterocycles. The first-order valence-corrected chi connectivity index (χ1v) is 23.9. The molecule has 14 nitrogen and oxygen atoms in total. The zero-order valence-corrected chi connectivity index (χ0v) is 38.3. The molecule has 0 saturated carbocycles. The van der Waals surface area contributed by atoms with Crippen LogP contribution in [0.2, 0.25) is 0 Å². The molecule has 66 heavy (non-hydrogen) atoms. The lowest BCUT2D eigenvalue weighted by atomic mass is 9.88. The number of aromatic nitrogens is 3. The van der Waals surface area contributed by atoms with Crippen LogP contribution < -0.4 is 26.4 Å². The molecule has 0 spiro atoms. The van der Waals surface area contributed by atoms with Gasteiger partial charge in [0.1, 0.15) is 17.5 Å². The van der Waals surface area contributed by atoms with E-state index in [-0.39, 0.29) is 47.6 Å². The molecule has 4 fully saturated rings. The van der Waals surface area contributed by atoms with Crippen LogP contribution in [0, 0.1) is 11.7 Å². The summed E-state index contributed by atoms with van der Waals surface area (Å²) in [6, 6.07) is 19.4. The van der Waals surface area contributed by atoms with Crippen molar-refractivity contribution in [2.24, 2.45) is 13.0 Å². The SMILES string of the molecule is C[C@@H]1CN(c2ccc(NC3CCC(=O)NC3=O)cc2F)CCN1CC1CCN(C(=O)c2ccc(C3CCN([C@@H](C)c4cc5c(-n6ccc7c(c6=O)CCN7)ccnc5n4C)CC3)cc2)CC1. The highest BCUT2D eigenvalue weighted by Gasteiger charge is 2.32. The highest BCUT2D eigenvalue weighted by Crippen LogP contribution is 2.36. The van der Waals surface area contributed by atoms with Crippen LogP contribution in [0.15, 0.2) is 77.9 Å². The minimum atomic E-state index is -0.558. The first-order chi connectivity index (χ1) is 32.0. The fourth-order valence-corrected chi connectivity index (χ4v) is 11.2. The van der Waals surface area contributed by atoms with Gasteiger partial charge >= 0.3 is 0 Å². The van der Waals surface area contributed by atoms with Crippen molar-refractivity contribution in [1.82, 2.24) is 34.1 Å². The van der Waals surface area contributed by atoms with Gasteiger partial charge in [0.2, 0.25) is 11.8 Å². The Labute approximate surface area is 385 Å². The molecule has 10 rings (SSSR count). The summed E-state index contributed by atoms with van der Waals surface area (Å²) in [4.78, 5) is 64.7. The summed E-state index contributed by atoms with van der Waals surface area (Å²) in [5, 5.41) is 9.70. The molecule has 3 atom stereocenters. The van der Waals surface area contributed by atoms with E-state index < -0.39 is 6.04 Å². The number of fused-ring (bicyclic) bond motifs is 2. The fourth-order valence-electron chi connectivity index (χ4n) is 11.2. The lowest BCUT2D eigenvalue weighted by Gasteiger charge is -2.43. The molecule has 3 N–H and O–H groups in total. The zero-order chi connectivity index (χ0) is 45.6. The van der Waals surface area contributed by atoms with Crippen LogP contribution in [0.4, 0.5) is 21.5 Å². The minimum Gasteiger partial charge on any atom is -0.384 e. The molecule has 0 aliphatic carbocycles. The number of anilines is 3. The number of rotatable bonds is 10. The Morgan fingerprint density at radius 3 is 2.42 bits per heavy atom. The van der Waals surface area contributed by atoms with Gasteiger partial charge in [-0.3, -0.25) is 38.9 Å². The molecule has 3 aromatic heterocycles. The number of nitrogens with one attached hydrogen (secondary N) is 3. The normalized spacial score (nSPS) is 21.8. The topological polar surface area (TPSA) is 140 Å². The number of benzene rings is 2. The van der Waals surface area contributed by atoms with Crippen LogP contribution in [-0.4, -0.2) is 118 Å². The number of carbonyl (C=O) groups excluding carboxylic acids is 3. The van der Waals surface area contributed by atoms with Gasteiger partial charge in [0.25, 0.3) is 11.5 Å². The molecule has 15 heteroatoms. The van der Waals surface area contributed by atoms with Gasteiger partial charge in [-0.05, 0) is 131 Å². The van der Waals surface area contributed by atoms with Crippen LogP contribution in [0.1, 0.15) is 91.5 Å². The van der Waals surface area contributed by atoms with E-state index in [1.54, 1.807) is 22.9 Å². The third kappa shape index (κ3) is 8.58. The largest absolute Gasteiger partial charge is 0.384 e. The third-order valence-corrected chi connectivity index (χ3v) is 15.2. The van der Waals surface area contributed by atoms with Crippen LogP contribution in [-0.2, 0) is 23.1 Å². The van der Waals surface area contributed by atoms with Crippen molar-refractivity contribution in [2.75, 3.05) is 74.4 Å². The Balaban J connectivity index is 0.684. The molecule has 5 aliphatic rings. The lowest BCUT2D eigenvalue weighted by molar-refractivity contribution is -0.133. The lowest BCUT2D eigenvalue weighted by Crippen LogP contribution is -2.54. The van der Waals surface area contributed by atoms with E-state index in [0.29, 0.717) is 36.2 Å². The summed E-state index contributed by atoms with van der Waals surface area (Å²) in [7, 11) is 2.07. The predicted octanol–water partition coefficient (Wildman–Crippen LogP) is 6.05. The van der Waals surface area contributed by atoms with Crippen LogP contribution in [0.3, 0.4) is 0 Å². The second-order valence-electron chi connectivity index (χ2n) is 19.2. The molecule has 3 amide bonds. The van der Waals surface area contributed by atoms with Gasteiger partial charge < -0.3 is 25.0 Å². The van der Waals surface area contributed by atoms with Gasteiger partial charge in [0.05, 0.1) is 11.4 Å². The fraction of sp³-hybridized carbons (Fsp3) is 0.471. The number of pyridine rings is 2. The number of halogens is 1. The first-order valence-electron chi connectivity index (χ1n) is 23.9. The van der Waals surface area contributed by atoms with Crippen molar-refractivity contribution >= 4 is 45.8 Å². The van der Waals surface area contributed by atoms with E-state index >= 15 is 4.39 Å². The van der Waals surface area contributed by atoms with E-state index in [2.05, 4.69) is 74.3 Å². The van der Waals surface area contributed by atoms with E-state index in [4.69, 9.17) is 4.98 Å². The number of amides is 3. The Kier molecular flexibility index (Phi) is 12.2. The zero-order valence-electron chi connectivity index (χ0n) is 38.3. The summed E-state index contributed by atoms with van der Waals surface area (Å²) in [6.45, 7) is 11.9. The second-order valence-corrected chi connectivity index (χ2v) is 19.2. The predicted molar refractivity (Wildman–Crippen MR) is 255 cm³/mol. The first kappa shape index (κ1) is 43.8. The average molecular weight is 897 g/mol. The highest BCUT2D eigenvalue weighted by atomic mass is 19.1. The maximum Gasteiger partial charge on any atom is 0.260 e. The average Bonchev–Trinajstić information content (AvgIpc) is 3.96. The Hall–Kier alpha value is -6.06. The Bertz CT molecular complexity index is 2700.